The van der Waals surface area contributed by atoms with Gasteiger partial charge in [-0.15, -0.1) is 0 Å². The van der Waals surface area contributed by atoms with E-state index in [9.17, 15) is 14.4 Å². The maximum Gasteiger partial charge on any atom is 0.270 e. The summed E-state index contributed by atoms with van der Waals surface area (Å²) in [4.78, 5) is 39.5. The highest BCUT2D eigenvalue weighted by molar-refractivity contribution is 6.39. The third kappa shape index (κ3) is 3.47. The summed E-state index contributed by atoms with van der Waals surface area (Å²) in [6.45, 7) is 2.28. The summed E-state index contributed by atoms with van der Waals surface area (Å²) in [5.74, 6) is 0.0627. The number of hydrogen-bond acceptors (Lipinski definition) is 5. The van der Waals surface area contributed by atoms with Crippen LogP contribution in [0, 0.1) is 0 Å². The summed E-state index contributed by atoms with van der Waals surface area (Å²) in [6, 6.07) is 7.07. The van der Waals surface area contributed by atoms with Crippen LogP contribution in [0.3, 0.4) is 0 Å². The number of hydrogen-bond donors (Lipinski definition) is 1. The quantitative estimate of drug-likeness (QED) is 0.866. The second-order valence-corrected chi connectivity index (χ2v) is 6.08. The maximum absolute atomic E-state index is 12.6. The van der Waals surface area contributed by atoms with Crippen molar-refractivity contribution in [2.24, 2.45) is 5.10 Å². The van der Waals surface area contributed by atoms with Crippen molar-refractivity contribution in [1.82, 2.24) is 10.3 Å². The molecule has 0 saturated carbocycles. The van der Waals surface area contributed by atoms with Crippen LogP contribution in [-0.2, 0) is 14.4 Å². The lowest BCUT2D eigenvalue weighted by Gasteiger charge is -2.39. The zero-order valence-corrected chi connectivity index (χ0v) is 14.2. The van der Waals surface area contributed by atoms with Crippen LogP contribution in [-0.4, -0.2) is 54.6 Å². The van der Waals surface area contributed by atoms with E-state index in [0.29, 0.717) is 13.0 Å². The number of rotatable bonds is 3. The van der Waals surface area contributed by atoms with E-state index in [1.165, 1.54) is 4.90 Å². The summed E-state index contributed by atoms with van der Waals surface area (Å²) in [5, 5.41) is 3.83. The van der Waals surface area contributed by atoms with Gasteiger partial charge in [-0.25, -0.2) is 5.43 Å². The molecule has 25 heavy (non-hydrogen) atoms. The van der Waals surface area contributed by atoms with Gasteiger partial charge in [-0.3, -0.25) is 14.4 Å². The number of nitrogens with zero attached hydrogens (tertiary/aromatic N) is 3. The van der Waals surface area contributed by atoms with Gasteiger partial charge in [-0.05, 0) is 31.2 Å². The maximum atomic E-state index is 12.6. The second kappa shape index (κ2) is 6.92. The largest absolute Gasteiger partial charge is 0.497 e. The molecule has 0 aromatic heterocycles. The third-order valence-electron chi connectivity index (χ3n) is 4.38. The number of carbonyl (C=O) groups excluding carboxylic acids is 3. The molecule has 8 nitrogen and oxygen atoms in total. The Kier molecular flexibility index (Phi) is 4.69. The second-order valence-electron chi connectivity index (χ2n) is 6.08. The summed E-state index contributed by atoms with van der Waals surface area (Å²) >= 11 is 0. The Morgan fingerprint density at radius 1 is 1.24 bits per heavy atom. The van der Waals surface area contributed by atoms with E-state index in [1.807, 2.05) is 19.1 Å². The molecule has 1 aromatic carbocycles. The molecule has 0 spiro atoms. The molecule has 132 valence electrons. The van der Waals surface area contributed by atoms with Crippen LogP contribution in [0.4, 0.5) is 5.69 Å². The first-order valence-corrected chi connectivity index (χ1v) is 8.10. The molecule has 1 unspecified atom stereocenters. The SMILES string of the molecule is COc1ccc(N2CC(C)N(C(=O)C3=NNC(=O)CC3)CC2=O)cc1. The molecule has 3 amide bonds. The average Bonchev–Trinajstić information content (AvgIpc) is 2.63. The number of amides is 3. The minimum atomic E-state index is -0.296. The van der Waals surface area contributed by atoms with Crippen molar-refractivity contribution in [3.8, 4) is 5.75 Å². The van der Waals surface area contributed by atoms with Gasteiger partial charge in [0.25, 0.3) is 5.91 Å². The van der Waals surface area contributed by atoms with E-state index in [4.69, 9.17) is 4.74 Å². The van der Waals surface area contributed by atoms with E-state index in [2.05, 4.69) is 10.5 Å². The van der Waals surface area contributed by atoms with Gasteiger partial charge in [-0.1, -0.05) is 0 Å². The number of benzene rings is 1. The number of nitrogens with one attached hydrogen (secondary N) is 1. The molecular weight excluding hydrogens is 324 g/mol. The highest BCUT2D eigenvalue weighted by Gasteiger charge is 2.35. The van der Waals surface area contributed by atoms with Crippen LogP contribution in [0.2, 0.25) is 0 Å². The smallest absolute Gasteiger partial charge is 0.270 e. The fourth-order valence-electron chi connectivity index (χ4n) is 2.93. The molecule has 0 radical (unpaired) electrons. The number of anilines is 1. The van der Waals surface area contributed by atoms with Gasteiger partial charge in [0.05, 0.1) is 7.11 Å². The van der Waals surface area contributed by atoms with Crippen molar-refractivity contribution in [3.63, 3.8) is 0 Å². The fourth-order valence-corrected chi connectivity index (χ4v) is 2.93. The average molecular weight is 344 g/mol. The number of carbonyl (C=O) groups is 3. The lowest BCUT2D eigenvalue weighted by atomic mass is 10.1. The molecule has 2 aliphatic heterocycles. The monoisotopic (exact) mass is 344 g/mol. The molecule has 1 aromatic rings. The van der Waals surface area contributed by atoms with Gasteiger partial charge >= 0.3 is 0 Å². The minimum Gasteiger partial charge on any atom is -0.497 e. The number of ether oxygens (including phenoxy) is 1. The van der Waals surface area contributed by atoms with Crippen molar-refractivity contribution in [1.29, 1.82) is 0 Å². The standard InChI is InChI=1S/C17H20N4O4/c1-11-9-21(12-3-5-13(25-2)6-4-12)16(23)10-20(11)17(24)14-7-8-15(22)19-18-14/h3-6,11H,7-10H2,1-2H3,(H,19,22). The Hall–Kier alpha value is -2.90. The van der Waals surface area contributed by atoms with E-state index >= 15 is 0 Å². The molecule has 8 heteroatoms. The van der Waals surface area contributed by atoms with E-state index in [0.717, 1.165) is 11.4 Å². The number of methoxy groups -OCH3 is 1. The molecule has 1 fully saturated rings. The van der Waals surface area contributed by atoms with Crippen molar-refractivity contribution < 1.29 is 19.1 Å². The van der Waals surface area contributed by atoms with E-state index < -0.39 is 0 Å². The fraction of sp³-hybridized carbons (Fsp3) is 0.412. The zero-order valence-electron chi connectivity index (χ0n) is 14.2. The van der Waals surface area contributed by atoms with Crippen LogP contribution in [0.25, 0.3) is 0 Å². The Labute approximate surface area is 145 Å². The van der Waals surface area contributed by atoms with Crippen molar-refractivity contribution >= 4 is 29.1 Å². The van der Waals surface area contributed by atoms with Crippen molar-refractivity contribution in [3.05, 3.63) is 24.3 Å². The first kappa shape index (κ1) is 16.9. The molecular formula is C17H20N4O4. The Bertz CT molecular complexity index is 729. The molecule has 1 saturated heterocycles. The number of piperazine rings is 1. The van der Waals surface area contributed by atoms with E-state index in [-0.39, 0.29) is 42.4 Å². The topological polar surface area (TPSA) is 91.3 Å². The molecule has 0 bridgehead atoms. The Morgan fingerprint density at radius 3 is 2.56 bits per heavy atom. The van der Waals surface area contributed by atoms with Crippen LogP contribution >= 0.6 is 0 Å². The van der Waals surface area contributed by atoms with Gasteiger partial charge in [0.1, 0.15) is 18.0 Å². The van der Waals surface area contributed by atoms with Gasteiger partial charge < -0.3 is 14.5 Å². The lowest BCUT2D eigenvalue weighted by molar-refractivity contribution is -0.134. The van der Waals surface area contributed by atoms with Gasteiger partial charge in [0.15, 0.2) is 0 Å². The van der Waals surface area contributed by atoms with Crippen LogP contribution in [0.15, 0.2) is 29.4 Å². The summed E-state index contributed by atoms with van der Waals surface area (Å²) in [5.41, 5.74) is 3.38. The van der Waals surface area contributed by atoms with Gasteiger partial charge in [-0.2, -0.15) is 5.10 Å². The predicted molar refractivity (Wildman–Crippen MR) is 91.3 cm³/mol. The summed E-state index contributed by atoms with van der Waals surface area (Å²) in [6.07, 6.45) is 0.531. The first-order valence-electron chi connectivity index (χ1n) is 8.10. The minimum absolute atomic E-state index is 0.0149. The van der Waals surface area contributed by atoms with Crippen LogP contribution < -0.4 is 15.1 Å². The third-order valence-corrected chi connectivity index (χ3v) is 4.38. The molecule has 2 heterocycles. The molecule has 1 N–H and O–H groups in total. The summed E-state index contributed by atoms with van der Waals surface area (Å²) < 4.78 is 5.13. The molecule has 0 aliphatic carbocycles. The van der Waals surface area contributed by atoms with Crippen molar-refractivity contribution in [2.75, 3.05) is 25.1 Å². The summed E-state index contributed by atoms with van der Waals surface area (Å²) in [7, 11) is 1.59. The Balaban J connectivity index is 1.72. The van der Waals surface area contributed by atoms with Gasteiger partial charge in [0.2, 0.25) is 11.8 Å². The first-order chi connectivity index (χ1) is 12.0. The lowest BCUT2D eigenvalue weighted by Crippen LogP contribution is -2.58. The number of hydrazone groups is 1. The van der Waals surface area contributed by atoms with Crippen LogP contribution in [0.5, 0.6) is 5.75 Å². The zero-order chi connectivity index (χ0) is 18.0. The highest BCUT2D eigenvalue weighted by atomic mass is 16.5. The van der Waals surface area contributed by atoms with Crippen molar-refractivity contribution in [2.45, 2.75) is 25.8 Å². The molecule has 2 aliphatic rings. The molecule has 3 rings (SSSR count). The molecule has 1 atom stereocenters. The van der Waals surface area contributed by atoms with Crippen LogP contribution in [0.1, 0.15) is 19.8 Å². The normalized spacial score (nSPS) is 20.9. The van der Waals surface area contributed by atoms with Gasteiger partial charge in [0, 0.05) is 31.1 Å². The Morgan fingerprint density at radius 2 is 1.96 bits per heavy atom. The highest BCUT2D eigenvalue weighted by Crippen LogP contribution is 2.23. The van der Waals surface area contributed by atoms with E-state index in [1.54, 1.807) is 24.1 Å². The predicted octanol–water partition coefficient (Wildman–Crippen LogP) is 0.525.